The Labute approximate surface area is 270 Å². The van der Waals surface area contributed by atoms with Crippen molar-refractivity contribution in [2.75, 3.05) is 0 Å². The fourth-order valence-electron chi connectivity index (χ4n) is 3.91. The molecule has 256 valence electrons. The molecule has 0 unspecified atom stereocenters. The third kappa shape index (κ3) is 13.2. The normalized spacial score (nSPS) is 12.2. The van der Waals surface area contributed by atoms with E-state index in [-0.39, 0.29) is 23.9 Å². The maximum Gasteiger partial charge on any atom is 0.408 e. The van der Waals surface area contributed by atoms with Crippen molar-refractivity contribution >= 4 is 59.3 Å². The van der Waals surface area contributed by atoms with Crippen LogP contribution in [-0.4, -0.2) is 86.1 Å². The Morgan fingerprint density at radius 3 is 1.79 bits per heavy atom. The number of hydrogen-bond acceptors (Lipinski definition) is 11. The molecule has 2 rings (SSSR count). The first kappa shape index (κ1) is 37.7. The number of carbonyl (C=O) groups excluding carboxylic acids is 4. The second kappa shape index (κ2) is 17.8. The van der Waals surface area contributed by atoms with Gasteiger partial charge in [0.15, 0.2) is 11.7 Å². The van der Waals surface area contributed by atoms with Crippen molar-refractivity contribution in [1.29, 1.82) is 0 Å². The molecule has 48 heavy (non-hydrogen) atoms. The zero-order valence-electron chi connectivity index (χ0n) is 24.9. The standard InChI is InChI=1S/C29H31N5O14/c30-28(31)32-17-5-3-15(4-6-17)27(45)48-18-7-1-14(2-8-18)13-47-29(46)34-19(11-23(38)39)21(35)9-16(10-22(36)37)25(42)33-20(26(43)44)12-24(40)41/h1-8,16,19-20H,9-13H2,(H,33,42)(H,34,46)(H,36,37)(H,38,39)(H,40,41)(H,43,44)(H4,30,31,32)/t16-,19-,20-/m0/s1. The number of carbonyl (C=O) groups is 8. The van der Waals surface area contributed by atoms with Crippen LogP contribution in [-0.2, 0) is 40.1 Å². The highest BCUT2D eigenvalue weighted by Crippen LogP contribution is 2.18. The zero-order chi connectivity index (χ0) is 36.0. The van der Waals surface area contributed by atoms with Crippen LogP contribution in [0.15, 0.2) is 53.5 Å². The molecule has 0 radical (unpaired) electrons. The van der Waals surface area contributed by atoms with Crippen molar-refractivity contribution in [2.45, 2.75) is 44.4 Å². The molecule has 0 aromatic heterocycles. The number of ether oxygens (including phenoxy) is 2. The molecule has 19 heteroatoms. The minimum atomic E-state index is -1.94. The summed E-state index contributed by atoms with van der Waals surface area (Å²) in [6.07, 6.45) is -5.23. The summed E-state index contributed by atoms with van der Waals surface area (Å²) in [5.41, 5.74) is 11.6. The molecule has 0 aliphatic heterocycles. The number of carboxylic acids is 4. The number of esters is 1. The van der Waals surface area contributed by atoms with E-state index in [2.05, 4.69) is 4.99 Å². The fraction of sp³-hybridized carbons (Fsp3) is 0.276. The van der Waals surface area contributed by atoms with Crippen LogP contribution < -0.4 is 26.8 Å². The topological polar surface area (TPSA) is 324 Å². The number of hydrogen-bond donors (Lipinski definition) is 8. The van der Waals surface area contributed by atoms with Crippen molar-refractivity contribution in [3.8, 4) is 5.75 Å². The van der Waals surface area contributed by atoms with E-state index < -0.39 is 91.3 Å². The predicted octanol–water partition coefficient (Wildman–Crippen LogP) is -0.0256. The van der Waals surface area contributed by atoms with Crippen LogP contribution in [0.1, 0.15) is 41.6 Å². The van der Waals surface area contributed by atoms with E-state index in [1.54, 1.807) is 0 Å². The zero-order valence-corrected chi connectivity index (χ0v) is 24.9. The number of amides is 2. The molecular weight excluding hydrogens is 642 g/mol. The van der Waals surface area contributed by atoms with Crippen LogP contribution in [0.3, 0.4) is 0 Å². The summed E-state index contributed by atoms with van der Waals surface area (Å²) in [6, 6.07) is 7.87. The monoisotopic (exact) mass is 673 g/mol. The van der Waals surface area contributed by atoms with Crippen LogP contribution in [0, 0.1) is 5.92 Å². The van der Waals surface area contributed by atoms with Crippen LogP contribution >= 0.6 is 0 Å². The Morgan fingerprint density at radius 2 is 1.27 bits per heavy atom. The van der Waals surface area contributed by atoms with Crippen molar-refractivity contribution in [2.24, 2.45) is 22.4 Å². The van der Waals surface area contributed by atoms with Crippen LogP contribution in [0.25, 0.3) is 0 Å². The summed E-state index contributed by atoms with van der Waals surface area (Å²) in [7, 11) is 0. The SMILES string of the molecule is NC(N)=Nc1ccc(C(=O)Oc2ccc(COC(=O)N[C@@H](CC(=O)O)C(=O)C[C@@H](CC(=O)O)C(=O)N[C@@H](CC(=O)O)C(=O)O)cc2)cc1. The molecule has 0 aliphatic carbocycles. The number of guanidine groups is 1. The van der Waals surface area contributed by atoms with Gasteiger partial charge in [-0.25, -0.2) is 19.4 Å². The first-order valence-corrected chi connectivity index (χ1v) is 13.7. The highest BCUT2D eigenvalue weighted by atomic mass is 16.5. The molecule has 0 bridgehead atoms. The number of carboxylic acid groups (broad SMARTS) is 4. The lowest BCUT2D eigenvalue weighted by atomic mass is 9.93. The van der Waals surface area contributed by atoms with E-state index in [0.29, 0.717) is 11.3 Å². The Morgan fingerprint density at radius 1 is 0.708 bits per heavy atom. The molecule has 3 atom stereocenters. The number of nitrogens with zero attached hydrogens (tertiary/aromatic N) is 1. The van der Waals surface area contributed by atoms with Crippen molar-refractivity contribution in [3.63, 3.8) is 0 Å². The van der Waals surface area contributed by atoms with Crippen LogP contribution in [0.5, 0.6) is 5.75 Å². The van der Waals surface area contributed by atoms with Gasteiger partial charge in [-0.15, -0.1) is 0 Å². The van der Waals surface area contributed by atoms with Gasteiger partial charge in [0, 0.05) is 6.42 Å². The lowest BCUT2D eigenvalue weighted by Gasteiger charge is -2.21. The summed E-state index contributed by atoms with van der Waals surface area (Å²) in [6.45, 7) is -0.384. The number of alkyl carbamates (subject to hydrolysis) is 1. The number of nitrogens with two attached hydrogens (primary N) is 2. The maximum absolute atomic E-state index is 12.9. The Balaban J connectivity index is 2.01. The third-order valence-corrected chi connectivity index (χ3v) is 6.16. The van der Waals surface area contributed by atoms with Gasteiger partial charge in [0.25, 0.3) is 0 Å². The summed E-state index contributed by atoms with van der Waals surface area (Å²) in [4.78, 5) is 99.0. The van der Waals surface area contributed by atoms with Crippen molar-refractivity contribution < 1.29 is 68.3 Å². The Kier molecular flexibility index (Phi) is 14.0. The second-order valence-corrected chi connectivity index (χ2v) is 9.95. The molecule has 10 N–H and O–H groups in total. The number of Topliss-reactive ketones (excluding diaryl/α,β-unsaturated/α-hetero) is 1. The number of aliphatic imine (C=N–C) groups is 1. The fourth-order valence-corrected chi connectivity index (χ4v) is 3.91. The largest absolute Gasteiger partial charge is 0.481 e. The molecular formula is C29H31N5O14. The average Bonchev–Trinajstić information content (AvgIpc) is 2.99. The molecule has 0 aliphatic rings. The van der Waals surface area contributed by atoms with Gasteiger partial charge >= 0.3 is 35.9 Å². The molecule has 0 saturated carbocycles. The van der Waals surface area contributed by atoms with Gasteiger partial charge in [0.2, 0.25) is 5.91 Å². The van der Waals surface area contributed by atoms with Crippen LogP contribution in [0.4, 0.5) is 10.5 Å². The minimum Gasteiger partial charge on any atom is -0.481 e. The van der Waals surface area contributed by atoms with Gasteiger partial charge in [0.05, 0.1) is 36.4 Å². The summed E-state index contributed by atoms with van der Waals surface area (Å²) in [5, 5.41) is 40.3. The quantitative estimate of drug-likeness (QED) is 0.0446. The average molecular weight is 674 g/mol. The molecule has 2 aromatic carbocycles. The van der Waals surface area contributed by atoms with E-state index in [1.165, 1.54) is 48.5 Å². The van der Waals surface area contributed by atoms with Gasteiger partial charge in [0.1, 0.15) is 24.4 Å². The third-order valence-electron chi connectivity index (χ3n) is 6.16. The Bertz CT molecular complexity index is 1570. The summed E-state index contributed by atoms with van der Waals surface area (Å²) in [5.74, 6) is -11.3. The number of benzene rings is 2. The Hall–Kier alpha value is -6.53. The molecule has 0 fully saturated rings. The van der Waals surface area contributed by atoms with Crippen LogP contribution in [0.2, 0.25) is 0 Å². The van der Waals surface area contributed by atoms with E-state index in [9.17, 15) is 43.5 Å². The van der Waals surface area contributed by atoms with Crippen molar-refractivity contribution in [1.82, 2.24) is 10.6 Å². The highest BCUT2D eigenvalue weighted by Gasteiger charge is 2.33. The van der Waals surface area contributed by atoms with Gasteiger partial charge in [-0.1, -0.05) is 12.1 Å². The number of nitrogens with one attached hydrogen (secondary N) is 2. The second-order valence-electron chi connectivity index (χ2n) is 9.95. The van der Waals surface area contributed by atoms with E-state index in [1.807, 2.05) is 10.6 Å². The molecule has 0 saturated heterocycles. The van der Waals surface area contributed by atoms with Crippen molar-refractivity contribution in [3.05, 3.63) is 59.7 Å². The number of aliphatic carboxylic acids is 4. The first-order chi connectivity index (χ1) is 22.5. The number of rotatable bonds is 18. The van der Waals surface area contributed by atoms with Gasteiger partial charge in [-0.3, -0.25) is 24.0 Å². The predicted molar refractivity (Wildman–Crippen MR) is 160 cm³/mol. The lowest BCUT2D eigenvalue weighted by molar-refractivity contribution is -0.148. The smallest absolute Gasteiger partial charge is 0.408 e. The van der Waals surface area contributed by atoms with Gasteiger partial charge in [-0.05, 0) is 42.0 Å². The molecule has 2 amide bonds. The minimum absolute atomic E-state index is 0.145. The molecule has 0 spiro atoms. The van der Waals surface area contributed by atoms with E-state index in [0.717, 1.165) is 0 Å². The molecule has 2 aromatic rings. The first-order valence-electron chi connectivity index (χ1n) is 13.7. The lowest BCUT2D eigenvalue weighted by Crippen LogP contribution is -2.47. The maximum atomic E-state index is 12.9. The summed E-state index contributed by atoms with van der Waals surface area (Å²) < 4.78 is 10.3. The van der Waals surface area contributed by atoms with E-state index in [4.69, 9.17) is 36.3 Å². The molecule has 19 nitrogen and oxygen atoms in total. The number of ketones is 1. The van der Waals surface area contributed by atoms with Gasteiger partial charge < -0.3 is 52.0 Å². The molecule has 0 heterocycles. The highest BCUT2D eigenvalue weighted by molar-refractivity contribution is 5.96. The van der Waals surface area contributed by atoms with Gasteiger partial charge in [-0.2, -0.15) is 0 Å². The van der Waals surface area contributed by atoms with E-state index >= 15 is 0 Å². The summed E-state index contributed by atoms with van der Waals surface area (Å²) >= 11 is 0.